The number of methoxy groups -OCH3 is 1. The van der Waals surface area contributed by atoms with Crippen LogP contribution < -0.4 is 15.0 Å². The average molecular weight is 465 g/mol. The highest BCUT2D eigenvalue weighted by Gasteiger charge is 2.37. The maximum atomic E-state index is 14.2. The average Bonchev–Trinajstić information content (AvgIpc) is 2.80. The first-order chi connectivity index (χ1) is 15.9. The first-order valence-corrected chi connectivity index (χ1v) is 10.3. The van der Waals surface area contributed by atoms with Gasteiger partial charge in [-0.15, -0.1) is 0 Å². The number of imide groups is 2. The first kappa shape index (κ1) is 22.2. The zero-order valence-corrected chi connectivity index (χ0v) is 18.2. The molecule has 0 unspecified atom stereocenters. The van der Waals surface area contributed by atoms with E-state index in [1.54, 1.807) is 48.5 Å². The van der Waals surface area contributed by atoms with Crippen LogP contribution in [0.3, 0.4) is 0 Å². The third-order valence-corrected chi connectivity index (χ3v) is 5.41. The molecular formula is C25H18ClFN2O4. The number of hydrogen-bond acceptors (Lipinski definition) is 4. The van der Waals surface area contributed by atoms with E-state index in [0.29, 0.717) is 27.5 Å². The number of nitrogens with one attached hydrogen (secondary N) is 1. The maximum absolute atomic E-state index is 14.2. The molecule has 166 valence electrons. The largest absolute Gasteiger partial charge is 0.497 e. The van der Waals surface area contributed by atoms with Gasteiger partial charge in [-0.1, -0.05) is 35.9 Å². The fourth-order valence-corrected chi connectivity index (χ4v) is 3.67. The van der Waals surface area contributed by atoms with Crippen molar-refractivity contribution in [3.8, 4) is 5.75 Å². The molecule has 1 heterocycles. The van der Waals surface area contributed by atoms with Gasteiger partial charge in [-0.3, -0.25) is 14.9 Å². The number of benzene rings is 3. The zero-order valence-electron chi connectivity index (χ0n) is 17.5. The predicted octanol–water partition coefficient (Wildman–Crippen LogP) is 4.74. The molecule has 3 aromatic rings. The van der Waals surface area contributed by atoms with Gasteiger partial charge in [0.2, 0.25) is 0 Å². The summed E-state index contributed by atoms with van der Waals surface area (Å²) in [5.41, 5.74) is 1.60. The van der Waals surface area contributed by atoms with E-state index >= 15 is 0 Å². The van der Waals surface area contributed by atoms with Gasteiger partial charge in [0, 0.05) is 11.4 Å². The van der Waals surface area contributed by atoms with Crippen LogP contribution in [0, 0.1) is 5.82 Å². The number of ether oxygens (including phenoxy) is 1. The standard InChI is InChI=1S/C25H18ClFN2O4/c1-33-20-10-8-19(9-11-20)29-24(31)21(23(30)28-25(29)32)14-17-13-18(26)7-6-15(17)12-16-4-2-3-5-22(16)27/h2-11,13-14H,12H2,1H3,(H,28,30,32)/b21-14+. The fraction of sp³-hybridized carbons (Fsp3) is 0.0800. The molecule has 0 aromatic heterocycles. The molecule has 0 radical (unpaired) electrons. The molecule has 0 atom stereocenters. The lowest BCUT2D eigenvalue weighted by atomic mass is 9.97. The van der Waals surface area contributed by atoms with Crippen molar-refractivity contribution in [2.45, 2.75) is 6.42 Å². The highest BCUT2D eigenvalue weighted by Crippen LogP contribution is 2.27. The summed E-state index contributed by atoms with van der Waals surface area (Å²) in [7, 11) is 1.50. The van der Waals surface area contributed by atoms with E-state index < -0.39 is 17.8 Å². The van der Waals surface area contributed by atoms with Crippen molar-refractivity contribution >= 4 is 41.2 Å². The van der Waals surface area contributed by atoms with Gasteiger partial charge in [0.05, 0.1) is 12.8 Å². The number of carbonyl (C=O) groups is 3. The molecule has 4 rings (SSSR count). The molecule has 0 spiro atoms. The monoisotopic (exact) mass is 464 g/mol. The van der Waals surface area contributed by atoms with Crippen LogP contribution in [0.1, 0.15) is 16.7 Å². The summed E-state index contributed by atoms with van der Waals surface area (Å²) in [5, 5.41) is 2.57. The second-order valence-corrected chi connectivity index (χ2v) is 7.70. The Labute approximate surface area is 194 Å². The Hall–Kier alpha value is -3.97. The Kier molecular flexibility index (Phi) is 6.24. The van der Waals surface area contributed by atoms with Crippen molar-refractivity contribution < 1.29 is 23.5 Å². The molecular weight excluding hydrogens is 447 g/mol. The van der Waals surface area contributed by atoms with Crippen LogP contribution in [-0.4, -0.2) is 25.0 Å². The molecule has 8 heteroatoms. The van der Waals surface area contributed by atoms with E-state index in [9.17, 15) is 18.8 Å². The molecule has 6 nitrogen and oxygen atoms in total. The minimum absolute atomic E-state index is 0.222. The number of carbonyl (C=O) groups excluding carboxylic acids is 3. The number of urea groups is 1. The van der Waals surface area contributed by atoms with Crippen LogP contribution in [0.4, 0.5) is 14.9 Å². The normalized spacial score (nSPS) is 15.1. The van der Waals surface area contributed by atoms with Crippen molar-refractivity contribution in [1.82, 2.24) is 5.32 Å². The molecule has 0 saturated carbocycles. The maximum Gasteiger partial charge on any atom is 0.335 e. The summed E-state index contributed by atoms with van der Waals surface area (Å²) in [5.74, 6) is -1.43. The van der Waals surface area contributed by atoms with Gasteiger partial charge in [0.15, 0.2) is 0 Å². The van der Waals surface area contributed by atoms with Gasteiger partial charge in [-0.2, -0.15) is 0 Å². The topological polar surface area (TPSA) is 75.7 Å². The van der Waals surface area contributed by atoms with Gasteiger partial charge >= 0.3 is 6.03 Å². The molecule has 1 saturated heterocycles. The number of anilines is 1. The number of rotatable bonds is 5. The van der Waals surface area contributed by atoms with Gasteiger partial charge in [0.25, 0.3) is 11.8 Å². The minimum atomic E-state index is -0.856. The second-order valence-electron chi connectivity index (χ2n) is 7.27. The molecule has 1 N–H and O–H groups in total. The molecule has 3 aromatic carbocycles. The van der Waals surface area contributed by atoms with E-state index in [1.165, 1.54) is 31.4 Å². The van der Waals surface area contributed by atoms with E-state index in [4.69, 9.17) is 16.3 Å². The number of nitrogens with zero attached hydrogens (tertiary/aromatic N) is 1. The highest BCUT2D eigenvalue weighted by molar-refractivity contribution is 6.39. The summed E-state index contributed by atoms with van der Waals surface area (Å²) in [6.07, 6.45) is 1.59. The highest BCUT2D eigenvalue weighted by atomic mass is 35.5. The van der Waals surface area contributed by atoms with Crippen LogP contribution in [0.2, 0.25) is 5.02 Å². The quantitative estimate of drug-likeness (QED) is 0.437. The smallest absolute Gasteiger partial charge is 0.335 e. The number of amides is 4. The zero-order chi connectivity index (χ0) is 23.5. The van der Waals surface area contributed by atoms with Crippen LogP contribution in [-0.2, 0) is 16.0 Å². The third-order valence-electron chi connectivity index (χ3n) is 5.18. The Morgan fingerprint density at radius 1 is 1.00 bits per heavy atom. The molecule has 1 fully saturated rings. The Morgan fingerprint density at radius 2 is 1.73 bits per heavy atom. The van der Waals surface area contributed by atoms with Crippen molar-refractivity contribution in [2.75, 3.05) is 12.0 Å². The second kappa shape index (κ2) is 9.26. The molecule has 33 heavy (non-hydrogen) atoms. The number of barbiturate groups is 1. The van der Waals surface area contributed by atoms with Gasteiger partial charge < -0.3 is 4.74 Å². The Balaban J connectivity index is 1.73. The molecule has 1 aliphatic rings. The van der Waals surface area contributed by atoms with Crippen LogP contribution >= 0.6 is 11.6 Å². The van der Waals surface area contributed by atoms with Crippen molar-refractivity contribution in [3.63, 3.8) is 0 Å². The third kappa shape index (κ3) is 4.63. The predicted molar refractivity (Wildman–Crippen MR) is 123 cm³/mol. The van der Waals surface area contributed by atoms with Crippen LogP contribution in [0.25, 0.3) is 6.08 Å². The Morgan fingerprint density at radius 3 is 2.42 bits per heavy atom. The van der Waals surface area contributed by atoms with Crippen molar-refractivity contribution in [2.24, 2.45) is 0 Å². The van der Waals surface area contributed by atoms with Crippen LogP contribution in [0.15, 0.2) is 72.3 Å². The van der Waals surface area contributed by atoms with Crippen molar-refractivity contribution in [1.29, 1.82) is 0 Å². The SMILES string of the molecule is COc1ccc(N2C(=O)NC(=O)/C(=C\c3cc(Cl)ccc3Cc3ccccc3F)C2=O)cc1. The molecule has 0 bridgehead atoms. The lowest BCUT2D eigenvalue weighted by Crippen LogP contribution is -2.54. The van der Waals surface area contributed by atoms with Crippen molar-refractivity contribution in [3.05, 3.63) is 99.8 Å². The van der Waals surface area contributed by atoms with E-state index in [2.05, 4.69) is 5.32 Å². The minimum Gasteiger partial charge on any atom is -0.497 e. The molecule has 0 aliphatic carbocycles. The number of halogens is 2. The Bertz CT molecular complexity index is 1290. The summed E-state index contributed by atoms with van der Waals surface area (Å²) >= 11 is 6.15. The lowest BCUT2D eigenvalue weighted by Gasteiger charge is -2.26. The lowest BCUT2D eigenvalue weighted by molar-refractivity contribution is -0.122. The van der Waals surface area contributed by atoms with Gasteiger partial charge in [0.1, 0.15) is 17.1 Å². The number of hydrogen-bond donors (Lipinski definition) is 1. The summed E-state index contributed by atoms with van der Waals surface area (Å²) in [6.45, 7) is 0. The van der Waals surface area contributed by atoms with E-state index in [-0.39, 0.29) is 23.5 Å². The summed E-state index contributed by atoms with van der Waals surface area (Å²) in [4.78, 5) is 39.0. The van der Waals surface area contributed by atoms with Crippen LogP contribution in [0.5, 0.6) is 5.75 Å². The summed E-state index contributed by atoms with van der Waals surface area (Å²) < 4.78 is 19.3. The van der Waals surface area contributed by atoms with E-state index in [1.807, 2.05) is 0 Å². The van der Waals surface area contributed by atoms with Gasteiger partial charge in [-0.05, 0) is 65.2 Å². The fourth-order valence-electron chi connectivity index (χ4n) is 3.49. The van der Waals surface area contributed by atoms with E-state index in [0.717, 1.165) is 4.90 Å². The first-order valence-electron chi connectivity index (χ1n) is 9.94. The molecule has 1 aliphatic heterocycles. The molecule has 4 amide bonds. The van der Waals surface area contributed by atoms with Gasteiger partial charge in [-0.25, -0.2) is 14.1 Å². The summed E-state index contributed by atoms with van der Waals surface area (Å²) in [6, 6.07) is 16.7.